The summed E-state index contributed by atoms with van der Waals surface area (Å²) in [6.07, 6.45) is 4.98. The number of nitrogens with zero attached hydrogens (tertiary/aromatic N) is 2. The number of fused-ring (bicyclic) bond motifs is 1. The summed E-state index contributed by atoms with van der Waals surface area (Å²) in [4.78, 5) is 19.4. The van der Waals surface area contributed by atoms with Crippen molar-refractivity contribution in [1.82, 2.24) is 9.97 Å². The average molecular weight is 350 g/mol. The smallest absolute Gasteiger partial charge is 0.338 e. The Kier molecular flexibility index (Phi) is 4.26. The summed E-state index contributed by atoms with van der Waals surface area (Å²) in [5, 5.41) is 9.01. The van der Waals surface area contributed by atoms with Gasteiger partial charge in [0.1, 0.15) is 0 Å². The third kappa shape index (κ3) is 3.05. The van der Waals surface area contributed by atoms with Crippen LogP contribution in [0.3, 0.4) is 0 Å². The maximum Gasteiger partial charge on any atom is 0.338 e. The van der Waals surface area contributed by atoms with Gasteiger partial charge in [0.25, 0.3) is 0 Å². The zero-order chi connectivity index (χ0) is 19.3. The summed E-state index contributed by atoms with van der Waals surface area (Å²) < 4.78 is 0. The van der Waals surface area contributed by atoms with Gasteiger partial charge in [0.2, 0.25) is 0 Å². The summed E-state index contributed by atoms with van der Waals surface area (Å²) in [6, 6.07) is 4.52. The van der Waals surface area contributed by atoms with Crippen molar-refractivity contribution < 1.29 is 9.90 Å². The molecule has 1 heterocycles. The summed E-state index contributed by atoms with van der Waals surface area (Å²) in [5.41, 5.74) is 6.01. The van der Waals surface area contributed by atoms with Crippen molar-refractivity contribution in [1.29, 1.82) is 0 Å². The summed E-state index contributed by atoms with van der Waals surface area (Å²) in [6.45, 7) is 15.5. The van der Waals surface area contributed by atoms with Gasteiger partial charge in [-0.2, -0.15) is 0 Å². The van der Waals surface area contributed by atoms with Crippen molar-refractivity contribution in [3.63, 3.8) is 0 Å². The van der Waals surface area contributed by atoms with Crippen LogP contribution in [-0.4, -0.2) is 21.0 Å². The number of benzene rings is 1. The Bertz CT molecular complexity index is 893. The molecule has 4 nitrogen and oxygen atoms in total. The predicted molar refractivity (Wildman–Crippen MR) is 104 cm³/mol. The predicted octanol–water partition coefficient (Wildman–Crippen LogP) is 4.89. The molecule has 0 saturated carbocycles. The Hall–Kier alpha value is -2.49. The molecule has 0 atom stereocenters. The summed E-state index contributed by atoms with van der Waals surface area (Å²) >= 11 is 0. The highest BCUT2D eigenvalue weighted by molar-refractivity contribution is 5.87. The molecule has 136 valence electrons. The fourth-order valence-corrected chi connectivity index (χ4v) is 3.76. The molecule has 3 rings (SSSR count). The highest BCUT2D eigenvalue weighted by Gasteiger charge is 2.37. The van der Waals surface area contributed by atoms with Gasteiger partial charge in [-0.1, -0.05) is 40.3 Å². The van der Waals surface area contributed by atoms with Crippen LogP contribution < -0.4 is 0 Å². The Balaban J connectivity index is 2.09. The second-order valence-electron chi connectivity index (χ2n) is 8.56. The fourth-order valence-electron chi connectivity index (χ4n) is 3.76. The molecule has 26 heavy (non-hydrogen) atoms. The van der Waals surface area contributed by atoms with Crippen LogP contribution in [0.2, 0.25) is 0 Å². The van der Waals surface area contributed by atoms with Crippen LogP contribution in [0.5, 0.6) is 0 Å². The first-order chi connectivity index (χ1) is 12.0. The highest BCUT2D eigenvalue weighted by Crippen LogP contribution is 2.47. The van der Waals surface area contributed by atoms with Gasteiger partial charge in [0.15, 0.2) is 5.82 Å². The van der Waals surface area contributed by atoms with E-state index in [0.717, 1.165) is 23.1 Å². The normalized spacial score (nSPS) is 17.4. The number of carbonyl (C=O) groups is 1. The van der Waals surface area contributed by atoms with E-state index in [4.69, 9.17) is 5.11 Å². The topological polar surface area (TPSA) is 63.1 Å². The van der Waals surface area contributed by atoms with Crippen LogP contribution >= 0.6 is 0 Å². The first-order valence-corrected chi connectivity index (χ1v) is 8.93. The van der Waals surface area contributed by atoms with Crippen molar-refractivity contribution in [2.24, 2.45) is 0 Å². The standard InChI is InChI=1S/C22H26N2O2/c1-13-9-17-18(22(5,6)8-7-21(17,3)4)10-16(13)14(2)19-23-11-15(12-24-19)20(25)26/h9-12H,2,7-8H2,1,3-6H3,(H,25,26). The summed E-state index contributed by atoms with van der Waals surface area (Å²) in [5.74, 6) is -0.568. The maximum absolute atomic E-state index is 11.0. The lowest BCUT2D eigenvalue weighted by atomic mass is 9.62. The van der Waals surface area contributed by atoms with E-state index in [2.05, 4.69) is 63.3 Å². The molecule has 0 amide bonds. The van der Waals surface area contributed by atoms with Gasteiger partial charge in [-0.3, -0.25) is 0 Å². The molecule has 0 unspecified atom stereocenters. The van der Waals surface area contributed by atoms with Crippen molar-refractivity contribution >= 4 is 11.5 Å². The van der Waals surface area contributed by atoms with Crippen LogP contribution in [0.25, 0.3) is 5.57 Å². The summed E-state index contributed by atoms with van der Waals surface area (Å²) in [7, 11) is 0. The Morgan fingerprint density at radius 2 is 1.54 bits per heavy atom. The molecule has 1 N–H and O–H groups in total. The molecule has 0 saturated heterocycles. The van der Waals surface area contributed by atoms with E-state index in [1.807, 2.05) is 0 Å². The van der Waals surface area contributed by atoms with Crippen LogP contribution in [0.15, 0.2) is 31.1 Å². The van der Waals surface area contributed by atoms with Crippen molar-refractivity contribution in [2.45, 2.75) is 58.3 Å². The van der Waals surface area contributed by atoms with Gasteiger partial charge >= 0.3 is 5.97 Å². The zero-order valence-corrected chi connectivity index (χ0v) is 16.2. The third-order valence-corrected chi connectivity index (χ3v) is 5.69. The quantitative estimate of drug-likeness (QED) is 0.856. The van der Waals surface area contributed by atoms with Gasteiger partial charge < -0.3 is 5.11 Å². The van der Waals surface area contributed by atoms with Crippen molar-refractivity contribution in [2.75, 3.05) is 0 Å². The number of aryl methyl sites for hydroxylation is 1. The molecule has 0 radical (unpaired) electrons. The van der Waals surface area contributed by atoms with Crippen molar-refractivity contribution in [3.8, 4) is 0 Å². The molecule has 0 aliphatic heterocycles. The van der Waals surface area contributed by atoms with Crippen LogP contribution in [0, 0.1) is 6.92 Å². The van der Waals surface area contributed by atoms with Gasteiger partial charge in [-0.05, 0) is 58.9 Å². The first-order valence-electron chi connectivity index (χ1n) is 8.93. The molecule has 0 bridgehead atoms. The van der Waals surface area contributed by atoms with E-state index >= 15 is 0 Å². The number of carboxylic acids is 1. The molecule has 0 fully saturated rings. The third-order valence-electron chi connectivity index (χ3n) is 5.69. The van der Waals surface area contributed by atoms with E-state index < -0.39 is 5.97 Å². The molecular weight excluding hydrogens is 324 g/mol. The number of aromatic carboxylic acids is 1. The minimum Gasteiger partial charge on any atom is -0.478 e. The Morgan fingerprint density at radius 3 is 2.04 bits per heavy atom. The highest BCUT2D eigenvalue weighted by atomic mass is 16.4. The lowest BCUT2D eigenvalue weighted by Crippen LogP contribution is -2.34. The minimum absolute atomic E-state index is 0.0756. The Morgan fingerprint density at radius 1 is 1.04 bits per heavy atom. The zero-order valence-electron chi connectivity index (χ0n) is 16.2. The monoisotopic (exact) mass is 350 g/mol. The molecular formula is C22H26N2O2. The lowest BCUT2D eigenvalue weighted by molar-refractivity contribution is 0.0696. The minimum atomic E-state index is -1.03. The maximum atomic E-state index is 11.0. The number of hydrogen-bond donors (Lipinski definition) is 1. The van der Waals surface area contributed by atoms with E-state index in [-0.39, 0.29) is 16.4 Å². The number of hydrogen-bond acceptors (Lipinski definition) is 3. The first kappa shape index (κ1) is 18.3. The molecule has 0 spiro atoms. The van der Waals surface area contributed by atoms with Gasteiger partial charge in [0, 0.05) is 18.0 Å². The van der Waals surface area contributed by atoms with Crippen molar-refractivity contribution in [3.05, 3.63) is 64.7 Å². The van der Waals surface area contributed by atoms with Crippen LogP contribution in [-0.2, 0) is 10.8 Å². The van der Waals surface area contributed by atoms with E-state index in [0.29, 0.717) is 5.82 Å². The molecule has 1 aromatic carbocycles. The molecule has 4 heteroatoms. The van der Waals surface area contributed by atoms with E-state index in [1.165, 1.54) is 29.9 Å². The number of rotatable bonds is 3. The molecule has 2 aromatic rings. The SMILES string of the molecule is C=C(c1ncc(C(=O)O)cn1)c1cc2c(cc1C)C(C)(C)CCC2(C)C. The molecule has 1 aliphatic carbocycles. The molecule has 1 aromatic heterocycles. The average Bonchev–Trinajstić information content (AvgIpc) is 2.58. The number of carboxylic acid groups (broad SMARTS) is 1. The van der Waals surface area contributed by atoms with Gasteiger partial charge in [-0.15, -0.1) is 0 Å². The van der Waals surface area contributed by atoms with E-state index in [1.54, 1.807) is 0 Å². The van der Waals surface area contributed by atoms with E-state index in [9.17, 15) is 4.79 Å². The second-order valence-corrected chi connectivity index (χ2v) is 8.56. The lowest BCUT2D eigenvalue weighted by Gasteiger charge is -2.42. The van der Waals surface area contributed by atoms with Crippen LogP contribution in [0.1, 0.15) is 79.0 Å². The second kappa shape index (κ2) is 6.04. The fraction of sp³-hybridized carbons (Fsp3) is 0.409. The number of aromatic nitrogens is 2. The Labute approximate surface area is 155 Å². The van der Waals surface area contributed by atoms with Crippen LogP contribution in [0.4, 0.5) is 0 Å². The van der Waals surface area contributed by atoms with Gasteiger partial charge in [0.05, 0.1) is 5.56 Å². The largest absolute Gasteiger partial charge is 0.478 e. The molecule has 1 aliphatic rings. The van der Waals surface area contributed by atoms with Gasteiger partial charge in [-0.25, -0.2) is 14.8 Å².